The fourth-order valence-corrected chi connectivity index (χ4v) is 3.78. The van der Waals surface area contributed by atoms with Crippen LogP contribution in [0.3, 0.4) is 0 Å². The monoisotopic (exact) mass is 393 g/mol. The lowest BCUT2D eigenvalue weighted by molar-refractivity contribution is -0.123. The van der Waals surface area contributed by atoms with E-state index in [-0.39, 0.29) is 11.9 Å². The van der Waals surface area contributed by atoms with Gasteiger partial charge in [-0.3, -0.25) is 4.79 Å². The average Bonchev–Trinajstić information content (AvgIpc) is 2.70. The lowest BCUT2D eigenvalue weighted by atomic mass is 9.81. The van der Waals surface area contributed by atoms with Crippen molar-refractivity contribution in [3.05, 3.63) is 59.7 Å². The van der Waals surface area contributed by atoms with Crippen molar-refractivity contribution in [2.75, 3.05) is 10.6 Å². The van der Waals surface area contributed by atoms with Gasteiger partial charge in [-0.2, -0.15) is 0 Å². The molecule has 0 unspecified atom stereocenters. The topological polar surface area (TPSA) is 70.2 Å². The van der Waals surface area contributed by atoms with Crippen LogP contribution in [0.5, 0.6) is 0 Å². The molecule has 1 aliphatic carbocycles. The maximum atomic E-state index is 13.2. The Balaban J connectivity index is 1.70. The standard InChI is InChI=1S/C24H31N3O2/c1-17(2)19-9-13-20(14-10-19)25-22(28)24(15-5-4-6-16-24)27-23(29)26-21-11-7-18(3)8-12-21/h7-14,17H,4-6,15-16H2,1-3H3,(H,25,28)(H2,26,27,29). The number of carbonyl (C=O) groups is 2. The van der Waals surface area contributed by atoms with Crippen LogP contribution in [0, 0.1) is 6.92 Å². The largest absolute Gasteiger partial charge is 0.324 e. The van der Waals surface area contributed by atoms with Crippen LogP contribution >= 0.6 is 0 Å². The molecule has 1 fully saturated rings. The Morgan fingerprint density at radius 1 is 0.828 bits per heavy atom. The molecule has 0 spiro atoms. The zero-order valence-electron chi connectivity index (χ0n) is 17.5. The third kappa shape index (κ3) is 5.37. The predicted octanol–water partition coefficient (Wildman–Crippen LogP) is 5.58. The van der Waals surface area contributed by atoms with Crippen LogP contribution in [-0.4, -0.2) is 17.5 Å². The van der Waals surface area contributed by atoms with E-state index in [0.717, 1.165) is 30.5 Å². The van der Waals surface area contributed by atoms with Crippen molar-refractivity contribution in [2.24, 2.45) is 0 Å². The van der Waals surface area contributed by atoms with Crippen LogP contribution in [0.25, 0.3) is 0 Å². The average molecular weight is 394 g/mol. The zero-order valence-corrected chi connectivity index (χ0v) is 17.5. The minimum Gasteiger partial charge on any atom is -0.324 e. The number of urea groups is 1. The van der Waals surface area contributed by atoms with Gasteiger partial charge in [-0.15, -0.1) is 0 Å². The first-order chi connectivity index (χ1) is 13.9. The van der Waals surface area contributed by atoms with Gasteiger partial charge in [0.1, 0.15) is 5.54 Å². The van der Waals surface area contributed by atoms with Crippen molar-refractivity contribution in [2.45, 2.75) is 64.3 Å². The van der Waals surface area contributed by atoms with Crippen LogP contribution in [0.4, 0.5) is 16.2 Å². The molecule has 1 aliphatic rings. The predicted molar refractivity (Wildman–Crippen MR) is 118 cm³/mol. The van der Waals surface area contributed by atoms with Gasteiger partial charge in [0.25, 0.3) is 0 Å². The molecule has 5 heteroatoms. The first-order valence-electron chi connectivity index (χ1n) is 10.5. The Hall–Kier alpha value is -2.82. The fourth-order valence-electron chi connectivity index (χ4n) is 3.78. The Labute approximate surface area is 173 Å². The minimum absolute atomic E-state index is 0.145. The van der Waals surface area contributed by atoms with Gasteiger partial charge in [0.2, 0.25) is 5.91 Å². The molecule has 3 rings (SSSR count). The molecule has 3 N–H and O–H groups in total. The zero-order chi connectivity index (χ0) is 20.9. The highest BCUT2D eigenvalue weighted by Crippen LogP contribution is 2.30. The van der Waals surface area contributed by atoms with E-state index in [1.807, 2.05) is 55.5 Å². The highest BCUT2D eigenvalue weighted by Gasteiger charge is 2.41. The quantitative estimate of drug-likeness (QED) is 0.620. The van der Waals surface area contributed by atoms with Crippen molar-refractivity contribution in [1.82, 2.24) is 5.32 Å². The van der Waals surface area contributed by atoms with Crippen molar-refractivity contribution in [3.8, 4) is 0 Å². The van der Waals surface area contributed by atoms with E-state index in [4.69, 9.17) is 0 Å². The number of nitrogens with one attached hydrogen (secondary N) is 3. The summed E-state index contributed by atoms with van der Waals surface area (Å²) in [5.41, 5.74) is 2.94. The summed E-state index contributed by atoms with van der Waals surface area (Å²) in [6, 6.07) is 15.2. The van der Waals surface area contributed by atoms with E-state index in [9.17, 15) is 9.59 Å². The number of hydrogen-bond donors (Lipinski definition) is 3. The third-order valence-corrected chi connectivity index (χ3v) is 5.64. The van der Waals surface area contributed by atoms with Crippen molar-refractivity contribution >= 4 is 23.3 Å². The van der Waals surface area contributed by atoms with E-state index >= 15 is 0 Å². The summed E-state index contributed by atoms with van der Waals surface area (Å²) in [4.78, 5) is 25.8. The SMILES string of the molecule is Cc1ccc(NC(=O)NC2(C(=O)Nc3ccc(C(C)C)cc3)CCCCC2)cc1. The third-order valence-electron chi connectivity index (χ3n) is 5.64. The number of carbonyl (C=O) groups excluding carboxylic acids is 2. The second kappa shape index (κ2) is 9.12. The van der Waals surface area contributed by atoms with Gasteiger partial charge in [-0.05, 0) is 55.5 Å². The number of benzene rings is 2. The lowest BCUT2D eigenvalue weighted by Gasteiger charge is -2.36. The van der Waals surface area contributed by atoms with Gasteiger partial charge >= 0.3 is 6.03 Å². The number of hydrogen-bond acceptors (Lipinski definition) is 2. The number of rotatable bonds is 5. The van der Waals surface area contributed by atoms with Gasteiger partial charge in [-0.25, -0.2) is 4.79 Å². The number of aryl methyl sites for hydroxylation is 1. The van der Waals surface area contributed by atoms with Gasteiger partial charge < -0.3 is 16.0 Å². The Kier molecular flexibility index (Phi) is 6.57. The van der Waals surface area contributed by atoms with Crippen LogP contribution in [0.15, 0.2) is 48.5 Å². The molecular weight excluding hydrogens is 362 g/mol. The highest BCUT2D eigenvalue weighted by atomic mass is 16.2. The van der Waals surface area contributed by atoms with Gasteiger partial charge in [-0.1, -0.05) is 62.9 Å². The molecule has 0 atom stereocenters. The molecule has 0 radical (unpaired) electrons. The fraction of sp³-hybridized carbons (Fsp3) is 0.417. The molecule has 1 saturated carbocycles. The Morgan fingerprint density at radius 3 is 1.97 bits per heavy atom. The van der Waals surface area contributed by atoms with E-state index in [0.29, 0.717) is 24.4 Å². The summed E-state index contributed by atoms with van der Waals surface area (Å²) in [6.07, 6.45) is 4.21. The van der Waals surface area contributed by atoms with Crippen LogP contribution < -0.4 is 16.0 Å². The first-order valence-corrected chi connectivity index (χ1v) is 10.5. The molecule has 2 aromatic rings. The molecule has 3 amide bonds. The van der Waals surface area contributed by atoms with E-state index in [2.05, 4.69) is 29.8 Å². The molecule has 5 nitrogen and oxygen atoms in total. The molecule has 29 heavy (non-hydrogen) atoms. The Morgan fingerprint density at radius 2 is 1.38 bits per heavy atom. The first kappa shape index (κ1) is 20.9. The van der Waals surface area contributed by atoms with Crippen molar-refractivity contribution < 1.29 is 9.59 Å². The van der Waals surface area contributed by atoms with E-state index in [1.165, 1.54) is 5.56 Å². The van der Waals surface area contributed by atoms with Gasteiger partial charge in [0.05, 0.1) is 0 Å². The number of amides is 3. The van der Waals surface area contributed by atoms with Gasteiger partial charge in [0.15, 0.2) is 0 Å². The smallest absolute Gasteiger partial charge is 0.320 e. The van der Waals surface area contributed by atoms with Crippen LogP contribution in [0.1, 0.15) is 63.0 Å². The highest BCUT2D eigenvalue weighted by molar-refractivity contribution is 6.02. The second-order valence-corrected chi connectivity index (χ2v) is 8.32. The Bertz CT molecular complexity index is 835. The molecule has 0 heterocycles. The summed E-state index contributed by atoms with van der Waals surface area (Å²) < 4.78 is 0. The second-order valence-electron chi connectivity index (χ2n) is 8.32. The van der Waals surface area contributed by atoms with Crippen LogP contribution in [0.2, 0.25) is 0 Å². The summed E-state index contributed by atoms with van der Waals surface area (Å²) in [7, 11) is 0. The maximum absolute atomic E-state index is 13.2. The van der Waals surface area contributed by atoms with E-state index < -0.39 is 5.54 Å². The van der Waals surface area contributed by atoms with Crippen molar-refractivity contribution in [1.29, 1.82) is 0 Å². The molecule has 0 saturated heterocycles. The summed E-state index contributed by atoms with van der Waals surface area (Å²) in [6.45, 7) is 6.28. The van der Waals surface area contributed by atoms with E-state index in [1.54, 1.807) is 0 Å². The summed E-state index contributed by atoms with van der Waals surface area (Å²) in [5.74, 6) is 0.296. The lowest BCUT2D eigenvalue weighted by Crippen LogP contribution is -2.58. The van der Waals surface area contributed by atoms with Crippen LogP contribution in [-0.2, 0) is 4.79 Å². The molecule has 0 aromatic heterocycles. The normalized spacial score (nSPS) is 15.6. The maximum Gasteiger partial charge on any atom is 0.320 e. The minimum atomic E-state index is -0.885. The number of anilines is 2. The molecule has 2 aromatic carbocycles. The molecule has 154 valence electrons. The molecule has 0 bridgehead atoms. The summed E-state index contributed by atoms with van der Waals surface area (Å²) >= 11 is 0. The van der Waals surface area contributed by atoms with Crippen molar-refractivity contribution in [3.63, 3.8) is 0 Å². The summed E-state index contributed by atoms with van der Waals surface area (Å²) in [5, 5.41) is 8.85. The molecular formula is C24H31N3O2. The van der Waals surface area contributed by atoms with Gasteiger partial charge in [0, 0.05) is 11.4 Å². The molecule has 0 aliphatic heterocycles.